The lowest BCUT2D eigenvalue weighted by Crippen LogP contribution is -2.21. The Hall–Kier alpha value is -2.24. The van der Waals surface area contributed by atoms with Crippen LogP contribution in [0, 0.1) is 12.7 Å². The second-order valence-electron chi connectivity index (χ2n) is 5.64. The SMILES string of the molecule is CCc1nc(N)nc(N[C@H]2CCCc3c2ccc(C)c3F)n1. The fourth-order valence-corrected chi connectivity index (χ4v) is 2.94. The molecule has 3 N–H and O–H groups in total. The summed E-state index contributed by atoms with van der Waals surface area (Å²) < 4.78 is 14.3. The van der Waals surface area contributed by atoms with Gasteiger partial charge < -0.3 is 11.1 Å². The van der Waals surface area contributed by atoms with Crippen LogP contribution in [0.1, 0.15) is 48.3 Å². The number of aromatic nitrogens is 3. The number of anilines is 2. The van der Waals surface area contributed by atoms with Crippen molar-refractivity contribution in [3.63, 3.8) is 0 Å². The van der Waals surface area contributed by atoms with Crippen molar-refractivity contribution in [2.75, 3.05) is 11.1 Å². The molecule has 1 heterocycles. The maximum absolute atomic E-state index is 14.3. The molecule has 0 saturated carbocycles. The van der Waals surface area contributed by atoms with Crippen LogP contribution < -0.4 is 11.1 Å². The van der Waals surface area contributed by atoms with Crippen LogP contribution in [0.3, 0.4) is 0 Å². The highest BCUT2D eigenvalue weighted by molar-refractivity contribution is 5.42. The van der Waals surface area contributed by atoms with Crippen LogP contribution in [0.15, 0.2) is 12.1 Å². The number of hydrogen-bond donors (Lipinski definition) is 2. The van der Waals surface area contributed by atoms with E-state index in [-0.39, 0.29) is 17.8 Å². The second-order valence-corrected chi connectivity index (χ2v) is 5.64. The number of nitrogens with zero attached hydrogens (tertiary/aromatic N) is 3. The number of aryl methyl sites for hydroxylation is 2. The third kappa shape index (κ3) is 2.73. The molecular formula is C16H20FN5. The van der Waals surface area contributed by atoms with E-state index >= 15 is 0 Å². The van der Waals surface area contributed by atoms with Crippen molar-refractivity contribution >= 4 is 11.9 Å². The Bertz CT molecular complexity index is 701. The first-order chi connectivity index (χ1) is 10.6. The Morgan fingerprint density at radius 1 is 1.32 bits per heavy atom. The lowest BCUT2D eigenvalue weighted by atomic mass is 9.86. The van der Waals surface area contributed by atoms with Gasteiger partial charge in [0.25, 0.3) is 0 Å². The van der Waals surface area contributed by atoms with Gasteiger partial charge in [-0.25, -0.2) is 4.39 Å². The molecule has 0 unspecified atom stereocenters. The lowest BCUT2D eigenvalue weighted by molar-refractivity contribution is 0.541. The van der Waals surface area contributed by atoms with Crippen molar-refractivity contribution < 1.29 is 4.39 Å². The molecule has 1 atom stereocenters. The summed E-state index contributed by atoms with van der Waals surface area (Å²) in [6.07, 6.45) is 3.33. The topological polar surface area (TPSA) is 76.7 Å². The van der Waals surface area contributed by atoms with Crippen LogP contribution in [0.4, 0.5) is 16.3 Å². The number of halogens is 1. The largest absolute Gasteiger partial charge is 0.368 e. The Morgan fingerprint density at radius 3 is 2.91 bits per heavy atom. The number of hydrogen-bond acceptors (Lipinski definition) is 5. The molecule has 0 spiro atoms. The van der Waals surface area contributed by atoms with Crippen molar-refractivity contribution in [3.8, 4) is 0 Å². The van der Waals surface area contributed by atoms with E-state index in [9.17, 15) is 4.39 Å². The number of rotatable bonds is 3. The Kier molecular flexibility index (Phi) is 3.92. The summed E-state index contributed by atoms with van der Waals surface area (Å²) >= 11 is 0. The zero-order valence-corrected chi connectivity index (χ0v) is 12.9. The molecule has 0 bridgehead atoms. The molecule has 0 fully saturated rings. The number of benzene rings is 1. The molecule has 116 valence electrons. The molecule has 1 aromatic carbocycles. The Morgan fingerprint density at radius 2 is 2.14 bits per heavy atom. The highest BCUT2D eigenvalue weighted by atomic mass is 19.1. The molecule has 22 heavy (non-hydrogen) atoms. The summed E-state index contributed by atoms with van der Waals surface area (Å²) in [5.74, 6) is 1.23. The molecule has 0 radical (unpaired) electrons. The van der Waals surface area contributed by atoms with Gasteiger partial charge in [0.1, 0.15) is 11.6 Å². The molecule has 0 amide bonds. The summed E-state index contributed by atoms with van der Waals surface area (Å²) in [7, 11) is 0. The third-order valence-corrected chi connectivity index (χ3v) is 4.09. The van der Waals surface area contributed by atoms with Gasteiger partial charge in [-0.05, 0) is 42.9 Å². The molecule has 3 rings (SSSR count). The van der Waals surface area contributed by atoms with Crippen LogP contribution in [0.2, 0.25) is 0 Å². The molecule has 1 aromatic heterocycles. The normalized spacial score (nSPS) is 17.1. The van der Waals surface area contributed by atoms with Gasteiger partial charge in [-0.3, -0.25) is 0 Å². The molecule has 6 heteroatoms. The molecule has 2 aromatic rings. The minimum absolute atomic E-state index is 0.00496. The fraction of sp³-hybridized carbons (Fsp3) is 0.438. The molecule has 0 saturated heterocycles. The monoisotopic (exact) mass is 301 g/mol. The van der Waals surface area contributed by atoms with E-state index in [0.29, 0.717) is 23.8 Å². The maximum atomic E-state index is 14.3. The summed E-state index contributed by atoms with van der Waals surface area (Å²) in [6.45, 7) is 3.76. The van der Waals surface area contributed by atoms with E-state index in [0.717, 1.165) is 30.4 Å². The smallest absolute Gasteiger partial charge is 0.228 e. The van der Waals surface area contributed by atoms with Gasteiger partial charge in [0.2, 0.25) is 11.9 Å². The van der Waals surface area contributed by atoms with Gasteiger partial charge in [-0.2, -0.15) is 15.0 Å². The van der Waals surface area contributed by atoms with Crippen molar-refractivity contribution in [1.29, 1.82) is 0 Å². The van der Waals surface area contributed by atoms with Gasteiger partial charge in [0.05, 0.1) is 6.04 Å². The minimum atomic E-state index is -0.0894. The molecule has 5 nitrogen and oxygen atoms in total. The Balaban J connectivity index is 1.92. The average Bonchev–Trinajstić information content (AvgIpc) is 2.51. The van der Waals surface area contributed by atoms with Crippen molar-refractivity contribution in [3.05, 3.63) is 40.5 Å². The number of nitrogen functional groups attached to an aromatic ring is 1. The Labute approximate surface area is 129 Å². The molecule has 1 aliphatic rings. The van der Waals surface area contributed by atoms with Crippen molar-refractivity contribution in [2.45, 2.75) is 45.6 Å². The third-order valence-electron chi connectivity index (χ3n) is 4.09. The predicted molar refractivity (Wildman–Crippen MR) is 84.1 cm³/mol. The van der Waals surface area contributed by atoms with Crippen LogP contribution in [-0.2, 0) is 12.8 Å². The summed E-state index contributed by atoms with van der Waals surface area (Å²) in [5, 5.41) is 3.29. The number of nitrogens with one attached hydrogen (secondary N) is 1. The fourth-order valence-electron chi connectivity index (χ4n) is 2.94. The van der Waals surface area contributed by atoms with Gasteiger partial charge in [0.15, 0.2) is 0 Å². The van der Waals surface area contributed by atoms with E-state index in [1.807, 2.05) is 19.1 Å². The first kappa shape index (κ1) is 14.7. The standard InChI is InChI=1S/C16H20FN5/c1-3-13-20-15(18)22-16(21-13)19-12-6-4-5-11-10(12)8-7-9(2)14(11)17/h7-8,12H,3-6H2,1-2H3,(H3,18,19,20,21,22)/t12-/m0/s1. The van der Waals surface area contributed by atoms with E-state index in [1.165, 1.54) is 0 Å². The van der Waals surface area contributed by atoms with E-state index < -0.39 is 0 Å². The van der Waals surface area contributed by atoms with Gasteiger partial charge in [-0.1, -0.05) is 19.1 Å². The highest BCUT2D eigenvalue weighted by Crippen LogP contribution is 2.34. The zero-order valence-electron chi connectivity index (χ0n) is 12.9. The van der Waals surface area contributed by atoms with Gasteiger partial charge in [0, 0.05) is 6.42 Å². The predicted octanol–water partition coefficient (Wildman–Crippen LogP) is 2.95. The quantitative estimate of drug-likeness (QED) is 0.911. The van der Waals surface area contributed by atoms with E-state index in [2.05, 4.69) is 20.3 Å². The van der Waals surface area contributed by atoms with Crippen LogP contribution >= 0.6 is 0 Å². The summed E-state index contributed by atoms with van der Waals surface area (Å²) in [6, 6.07) is 3.83. The van der Waals surface area contributed by atoms with Crippen LogP contribution in [-0.4, -0.2) is 15.0 Å². The first-order valence-corrected chi connectivity index (χ1v) is 7.63. The second kappa shape index (κ2) is 5.87. The highest BCUT2D eigenvalue weighted by Gasteiger charge is 2.24. The number of fused-ring (bicyclic) bond motifs is 1. The van der Waals surface area contributed by atoms with E-state index in [1.54, 1.807) is 6.92 Å². The minimum Gasteiger partial charge on any atom is -0.368 e. The van der Waals surface area contributed by atoms with Crippen LogP contribution in [0.5, 0.6) is 0 Å². The number of nitrogens with two attached hydrogens (primary N) is 1. The first-order valence-electron chi connectivity index (χ1n) is 7.63. The van der Waals surface area contributed by atoms with Gasteiger partial charge >= 0.3 is 0 Å². The maximum Gasteiger partial charge on any atom is 0.228 e. The lowest BCUT2D eigenvalue weighted by Gasteiger charge is -2.27. The van der Waals surface area contributed by atoms with Gasteiger partial charge in [-0.15, -0.1) is 0 Å². The summed E-state index contributed by atoms with van der Waals surface area (Å²) in [4.78, 5) is 12.6. The average molecular weight is 301 g/mol. The molecule has 0 aliphatic heterocycles. The van der Waals surface area contributed by atoms with Crippen molar-refractivity contribution in [1.82, 2.24) is 15.0 Å². The van der Waals surface area contributed by atoms with Crippen LogP contribution in [0.25, 0.3) is 0 Å². The molecular weight excluding hydrogens is 281 g/mol. The molecule has 1 aliphatic carbocycles. The zero-order chi connectivity index (χ0) is 15.7. The summed E-state index contributed by atoms with van der Waals surface area (Å²) in [5.41, 5.74) is 8.21. The van der Waals surface area contributed by atoms with Crippen molar-refractivity contribution in [2.24, 2.45) is 0 Å². The van der Waals surface area contributed by atoms with E-state index in [4.69, 9.17) is 5.73 Å².